The number of guanidine groups is 1. The molecule has 0 aliphatic rings. The maximum absolute atomic E-state index is 10.6. The second-order valence-corrected chi connectivity index (χ2v) is 8.36. The summed E-state index contributed by atoms with van der Waals surface area (Å²) in [7, 11) is 0. The molecule has 1 atom stereocenters. The summed E-state index contributed by atoms with van der Waals surface area (Å²) in [5.41, 5.74) is -1.15. The lowest BCUT2D eigenvalue weighted by molar-refractivity contribution is 0.0437. The molecule has 0 spiro atoms. The summed E-state index contributed by atoms with van der Waals surface area (Å²) in [6.07, 6.45) is 5.33. The van der Waals surface area contributed by atoms with Crippen LogP contribution in [0.25, 0.3) is 0 Å². The molecule has 3 N–H and O–H groups in total. The van der Waals surface area contributed by atoms with E-state index in [4.69, 9.17) is 4.42 Å². The molecule has 0 bridgehead atoms. The Kier molecular flexibility index (Phi) is 9.03. The predicted octanol–water partition coefficient (Wildman–Crippen LogP) is 2.64. The number of thioether (sulfide) groups is 1. The molecule has 0 amide bonds. The van der Waals surface area contributed by atoms with Crippen LogP contribution in [-0.4, -0.2) is 51.7 Å². The first-order chi connectivity index (χ1) is 13.9. The van der Waals surface area contributed by atoms with Crippen LogP contribution in [0.5, 0.6) is 0 Å². The van der Waals surface area contributed by atoms with E-state index in [1.165, 1.54) is 0 Å². The molecule has 8 nitrogen and oxygen atoms in total. The Morgan fingerprint density at radius 3 is 2.79 bits per heavy atom. The number of hydrogen-bond acceptors (Lipinski definition) is 6. The number of aliphatic imine (C=N–C) groups is 1. The van der Waals surface area contributed by atoms with Crippen molar-refractivity contribution in [1.82, 2.24) is 25.4 Å². The number of aryl methyl sites for hydroxylation is 1. The highest BCUT2D eigenvalue weighted by atomic mass is 32.2. The molecule has 0 aliphatic heterocycles. The highest BCUT2D eigenvalue weighted by molar-refractivity contribution is 7.98. The number of nitrogens with one attached hydrogen (secondary N) is 2. The predicted molar refractivity (Wildman–Crippen MR) is 117 cm³/mol. The topological polar surface area (TPSA) is 100 Å². The molecular formula is C20H34N6O2S. The average molecular weight is 423 g/mol. The number of aliphatic hydroxyl groups is 1. The minimum atomic E-state index is -1.15. The summed E-state index contributed by atoms with van der Waals surface area (Å²) in [6, 6.07) is 3.52. The summed E-state index contributed by atoms with van der Waals surface area (Å²) < 4.78 is 7.53. The van der Waals surface area contributed by atoms with Gasteiger partial charge >= 0.3 is 0 Å². The van der Waals surface area contributed by atoms with Crippen LogP contribution < -0.4 is 10.6 Å². The second kappa shape index (κ2) is 11.3. The van der Waals surface area contributed by atoms with E-state index in [9.17, 15) is 5.11 Å². The molecule has 2 aromatic rings. The summed E-state index contributed by atoms with van der Waals surface area (Å²) in [4.78, 5) is 4.51. The van der Waals surface area contributed by atoms with Crippen LogP contribution in [0.15, 0.2) is 33.0 Å². The zero-order chi connectivity index (χ0) is 21.3. The van der Waals surface area contributed by atoms with Gasteiger partial charge in [-0.05, 0) is 44.6 Å². The number of furan rings is 1. The third-order valence-corrected chi connectivity index (χ3v) is 5.00. The van der Waals surface area contributed by atoms with E-state index in [1.54, 1.807) is 37.1 Å². The quantitative estimate of drug-likeness (QED) is 0.221. The molecule has 0 fully saturated rings. The monoisotopic (exact) mass is 422 g/mol. The van der Waals surface area contributed by atoms with Crippen LogP contribution in [-0.2, 0) is 18.6 Å². The summed E-state index contributed by atoms with van der Waals surface area (Å²) in [5, 5.41) is 26.7. The summed E-state index contributed by atoms with van der Waals surface area (Å²) >= 11 is 1.63. The molecule has 0 radical (unpaired) electrons. The first-order valence-corrected chi connectivity index (χ1v) is 11.3. The molecule has 29 heavy (non-hydrogen) atoms. The van der Waals surface area contributed by atoms with Crippen molar-refractivity contribution in [1.29, 1.82) is 0 Å². The van der Waals surface area contributed by atoms with Gasteiger partial charge in [-0.1, -0.05) is 25.6 Å². The molecule has 1 unspecified atom stereocenters. The average Bonchev–Trinajstić information content (AvgIpc) is 3.33. The molecule has 2 aromatic heterocycles. The molecule has 2 rings (SSSR count). The Morgan fingerprint density at radius 1 is 1.38 bits per heavy atom. The van der Waals surface area contributed by atoms with Crippen LogP contribution in [0.4, 0.5) is 0 Å². The van der Waals surface area contributed by atoms with Gasteiger partial charge in [-0.2, -0.15) is 0 Å². The van der Waals surface area contributed by atoms with Gasteiger partial charge in [0.1, 0.15) is 17.2 Å². The first kappa shape index (κ1) is 23.3. The van der Waals surface area contributed by atoms with Crippen molar-refractivity contribution in [3.8, 4) is 0 Å². The van der Waals surface area contributed by atoms with Crippen molar-refractivity contribution in [2.75, 3.05) is 25.9 Å². The van der Waals surface area contributed by atoms with Gasteiger partial charge in [0.25, 0.3) is 0 Å². The van der Waals surface area contributed by atoms with Crippen LogP contribution >= 0.6 is 11.8 Å². The van der Waals surface area contributed by atoms with Gasteiger partial charge in [0, 0.05) is 26.1 Å². The molecule has 0 saturated carbocycles. The lowest BCUT2D eigenvalue weighted by atomic mass is 10.0. The molecule has 2 heterocycles. The van der Waals surface area contributed by atoms with Gasteiger partial charge in [-0.3, -0.25) is 0 Å². The zero-order valence-electron chi connectivity index (χ0n) is 18.1. The first-order valence-electron chi connectivity index (χ1n) is 10.1. The smallest absolute Gasteiger partial charge is 0.191 e. The maximum Gasteiger partial charge on any atom is 0.191 e. The number of hydrogen-bond donors (Lipinski definition) is 3. The van der Waals surface area contributed by atoms with Gasteiger partial charge < -0.3 is 24.7 Å². The standard InChI is InChI=1S/C20H34N6O2S/c1-6-21-18(23-14-20(4,27)16-9-8-12-28-16)22-11-7-10-17-24-25-19(29-5)26(17)13-15(2)3/h8-9,12,15,27H,6-7,10-11,13-14H2,1-5H3,(H2,21,22,23). The van der Waals surface area contributed by atoms with Crippen LogP contribution in [0.1, 0.15) is 45.7 Å². The third kappa shape index (κ3) is 7.08. The molecule has 162 valence electrons. The SMILES string of the molecule is CCNC(=NCC(C)(O)c1ccco1)NCCCc1nnc(SC)n1CC(C)C. The Hall–Kier alpha value is -2.00. The van der Waals surface area contributed by atoms with Crippen molar-refractivity contribution in [3.63, 3.8) is 0 Å². The van der Waals surface area contributed by atoms with Crippen molar-refractivity contribution in [2.45, 2.75) is 57.8 Å². The van der Waals surface area contributed by atoms with E-state index in [2.05, 4.69) is 44.2 Å². The van der Waals surface area contributed by atoms with Crippen molar-refractivity contribution < 1.29 is 9.52 Å². The number of aromatic nitrogens is 3. The highest BCUT2D eigenvalue weighted by Crippen LogP contribution is 2.21. The zero-order valence-corrected chi connectivity index (χ0v) is 18.9. The van der Waals surface area contributed by atoms with Gasteiger partial charge in [-0.15, -0.1) is 10.2 Å². The molecule has 0 saturated heterocycles. The Bertz CT molecular complexity index is 755. The minimum Gasteiger partial charge on any atom is -0.466 e. The van der Waals surface area contributed by atoms with E-state index in [1.807, 2.05) is 13.2 Å². The normalized spacial score (nSPS) is 14.2. The third-order valence-electron chi connectivity index (χ3n) is 4.33. The Balaban J connectivity index is 1.89. The number of nitrogens with zero attached hydrogens (tertiary/aromatic N) is 4. The van der Waals surface area contributed by atoms with Crippen LogP contribution in [0, 0.1) is 5.92 Å². The fraction of sp³-hybridized carbons (Fsp3) is 0.650. The highest BCUT2D eigenvalue weighted by Gasteiger charge is 2.26. The van der Waals surface area contributed by atoms with Crippen molar-refractivity contribution in [2.24, 2.45) is 10.9 Å². The van der Waals surface area contributed by atoms with E-state index in [0.29, 0.717) is 17.6 Å². The van der Waals surface area contributed by atoms with Crippen molar-refractivity contribution >= 4 is 17.7 Å². The minimum absolute atomic E-state index is 0.204. The Morgan fingerprint density at radius 2 is 2.17 bits per heavy atom. The molecule has 0 aromatic carbocycles. The fourth-order valence-corrected chi connectivity index (χ4v) is 3.42. The largest absolute Gasteiger partial charge is 0.466 e. The second-order valence-electron chi connectivity index (χ2n) is 7.58. The molecular weight excluding hydrogens is 388 g/mol. The maximum atomic E-state index is 10.6. The fourth-order valence-electron chi connectivity index (χ4n) is 2.89. The van der Waals surface area contributed by atoms with E-state index < -0.39 is 5.60 Å². The lowest BCUT2D eigenvalue weighted by Gasteiger charge is -2.19. The van der Waals surface area contributed by atoms with Crippen molar-refractivity contribution in [3.05, 3.63) is 30.0 Å². The Labute approximate surface area is 177 Å². The van der Waals surface area contributed by atoms with Gasteiger partial charge in [-0.25, -0.2) is 4.99 Å². The van der Waals surface area contributed by atoms with Gasteiger partial charge in [0.2, 0.25) is 0 Å². The van der Waals surface area contributed by atoms with Crippen LogP contribution in [0.2, 0.25) is 0 Å². The lowest BCUT2D eigenvalue weighted by Crippen LogP contribution is -2.39. The van der Waals surface area contributed by atoms with E-state index in [0.717, 1.165) is 43.5 Å². The summed E-state index contributed by atoms with van der Waals surface area (Å²) in [6.45, 7) is 10.7. The van der Waals surface area contributed by atoms with Gasteiger partial charge in [0.15, 0.2) is 11.1 Å². The van der Waals surface area contributed by atoms with E-state index >= 15 is 0 Å². The molecule has 9 heteroatoms. The van der Waals surface area contributed by atoms with E-state index in [-0.39, 0.29) is 6.54 Å². The van der Waals surface area contributed by atoms with Gasteiger partial charge in [0.05, 0.1) is 12.8 Å². The molecule has 0 aliphatic carbocycles. The van der Waals surface area contributed by atoms with Crippen LogP contribution in [0.3, 0.4) is 0 Å². The number of rotatable bonds is 11. The summed E-state index contributed by atoms with van der Waals surface area (Å²) in [5.74, 6) is 2.75.